The summed E-state index contributed by atoms with van der Waals surface area (Å²) in [5.74, 6) is 2.16. The highest BCUT2D eigenvalue weighted by molar-refractivity contribution is 7.93. The Bertz CT molecular complexity index is 1570. The second kappa shape index (κ2) is 12.4. The van der Waals surface area contributed by atoms with Crippen LogP contribution in [-0.2, 0) is 14.8 Å². The first-order valence-electron chi connectivity index (χ1n) is 12.4. The van der Waals surface area contributed by atoms with E-state index in [9.17, 15) is 8.42 Å². The number of benzene rings is 2. The van der Waals surface area contributed by atoms with Crippen molar-refractivity contribution in [1.29, 1.82) is 0 Å². The number of allylic oxidation sites excluding steroid dienone is 1. The maximum atomic E-state index is 13.7. The van der Waals surface area contributed by atoms with Crippen LogP contribution < -0.4 is 23.7 Å². The third-order valence-corrected chi connectivity index (χ3v) is 7.89. The molecule has 0 aliphatic carbocycles. The van der Waals surface area contributed by atoms with Gasteiger partial charge in [0.1, 0.15) is 28.5 Å². The van der Waals surface area contributed by atoms with Gasteiger partial charge in [0, 0.05) is 18.9 Å². The maximum Gasteiger partial charge on any atom is 0.243 e. The summed E-state index contributed by atoms with van der Waals surface area (Å²) < 4.78 is 59.3. The number of methoxy groups -OCH3 is 3. The van der Waals surface area contributed by atoms with Crippen molar-refractivity contribution >= 4 is 28.5 Å². The van der Waals surface area contributed by atoms with Crippen LogP contribution in [0, 0.1) is 0 Å². The van der Waals surface area contributed by atoms with E-state index in [0.717, 1.165) is 5.57 Å². The summed E-state index contributed by atoms with van der Waals surface area (Å²) in [4.78, 5) is 8.16. The molecule has 0 fully saturated rings. The molecule has 4 rings (SSSR count). The van der Waals surface area contributed by atoms with Gasteiger partial charge in [-0.3, -0.25) is 9.29 Å². The second-order valence-electron chi connectivity index (χ2n) is 9.12. The molecule has 0 unspecified atom stereocenters. The Morgan fingerprint density at radius 1 is 1.10 bits per heavy atom. The molecule has 1 aliphatic rings. The first-order chi connectivity index (χ1) is 19.6. The molecule has 2 atom stereocenters. The topological polar surface area (TPSA) is 148 Å². The lowest BCUT2D eigenvalue weighted by atomic mass is 10.1. The average Bonchev–Trinajstić information content (AvgIpc) is 3.60. The van der Waals surface area contributed by atoms with Gasteiger partial charge in [-0.25, -0.2) is 18.4 Å². The Morgan fingerprint density at radius 2 is 1.78 bits per heavy atom. The Morgan fingerprint density at radius 3 is 2.39 bits per heavy atom. The van der Waals surface area contributed by atoms with Gasteiger partial charge < -0.3 is 23.7 Å². The third-order valence-electron chi connectivity index (χ3n) is 6.19. The third kappa shape index (κ3) is 6.02. The molecular weight excluding hydrogens is 552 g/mol. The zero-order valence-electron chi connectivity index (χ0n) is 23.6. The van der Waals surface area contributed by atoms with Gasteiger partial charge >= 0.3 is 0 Å². The summed E-state index contributed by atoms with van der Waals surface area (Å²) in [6, 6.07) is 10.4. The molecule has 0 radical (unpaired) electrons. The van der Waals surface area contributed by atoms with Crippen molar-refractivity contribution in [3.05, 3.63) is 48.2 Å². The standard InChI is InChI=1S/C27H32N6O7S/c1-16(2)14-29-25(28-4)24(38-7)17(3)41(34,35)32-27-31-30-26(18-11-12-19-22(13-18)40-15-39-19)33(27)23-20(36-5)9-8-10-21(23)37-6/h8-14,17,24H,4,15H2,1-3,5-7H3,(H,31,32)/t17-,24-/m0/s1. The summed E-state index contributed by atoms with van der Waals surface area (Å²) in [5, 5.41) is 7.38. The van der Waals surface area contributed by atoms with Crippen LogP contribution in [0.25, 0.3) is 17.1 Å². The number of ether oxygens (including phenoxy) is 5. The molecule has 41 heavy (non-hydrogen) atoms. The molecule has 1 N–H and O–H groups in total. The van der Waals surface area contributed by atoms with Gasteiger partial charge in [0.15, 0.2) is 23.2 Å². The molecule has 14 heteroatoms. The van der Waals surface area contributed by atoms with E-state index in [1.807, 2.05) is 13.8 Å². The number of hydrogen-bond acceptors (Lipinski definition) is 10. The lowest BCUT2D eigenvalue weighted by Crippen LogP contribution is -2.41. The fourth-order valence-electron chi connectivity index (χ4n) is 4.13. The number of nitrogens with zero attached hydrogens (tertiary/aromatic N) is 5. The van der Waals surface area contributed by atoms with Gasteiger partial charge in [0.25, 0.3) is 0 Å². The minimum Gasteiger partial charge on any atom is -0.494 e. The number of hydrogen-bond donors (Lipinski definition) is 1. The number of nitrogens with one attached hydrogen (secondary N) is 1. The van der Waals surface area contributed by atoms with Gasteiger partial charge in [-0.2, -0.15) is 0 Å². The fraction of sp³-hybridized carbons (Fsp3) is 0.333. The number of anilines is 1. The molecule has 0 spiro atoms. The van der Waals surface area contributed by atoms with E-state index in [4.69, 9.17) is 23.7 Å². The number of aromatic nitrogens is 3. The van der Waals surface area contributed by atoms with Crippen LogP contribution in [0.3, 0.4) is 0 Å². The first-order valence-corrected chi connectivity index (χ1v) is 14.0. The van der Waals surface area contributed by atoms with Crippen molar-refractivity contribution in [3.8, 4) is 40.1 Å². The van der Waals surface area contributed by atoms with Crippen LogP contribution in [0.15, 0.2) is 58.2 Å². The predicted molar refractivity (Wildman–Crippen MR) is 155 cm³/mol. The Kier molecular flexibility index (Phi) is 8.93. The van der Waals surface area contributed by atoms with Crippen LogP contribution in [-0.4, -0.2) is 75.2 Å². The Hall–Kier alpha value is -4.43. The summed E-state index contributed by atoms with van der Waals surface area (Å²) >= 11 is 0. The first kappa shape index (κ1) is 29.6. The minimum atomic E-state index is -4.18. The van der Waals surface area contributed by atoms with E-state index in [1.165, 1.54) is 32.8 Å². The van der Waals surface area contributed by atoms with Gasteiger partial charge in [-0.1, -0.05) is 11.6 Å². The number of amidine groups is 1. The molecule has 2 heterocycles. The van der Waals surface area contributed by atoms with Gasteiger partial charge in [0.2, 0.25) is 22.8 Å². The smallest absolute Gasteiger partial charge is 0.243 e. The molecular formula is C27H32N6O7S. The number of para-hydroxylation sites is 1. The highest BCUT2D eigenvalue weighted by Crippen LogP contribution is 2.40. The molecule has 0 bridgehead atoms. The molecule has 2 aromatic carbocycles. The summed E-state index contributed by atoms with van der Waals surface area (Å²) in [7, 11) is 0.182. The number of fused-ring (bicyclic) bond motifs is 1. The zero-order valence-corrected chi connectivity index (χ0v) is 24.4. The summed E-state index contributed by atoms with van der Waals surface area (Å²) in [5.41, 5.74) is 1.85. The normalized spacial score (nSPS) is 14.2. The van der Waals surface area contributed by atoms with Crippen LogP contribution in [0.4, 0.5) is 5.95 Å². The average molecular weight is 585 g/mol. The quantitative estimate of drug-likeness (QED) is 0.262. The highest BCUT2D eigenvalue weighted by Gasteiger charge is 2.35. The van der Waals surface area contributed by atoms with E-state index in [2.05, 4.69) is 31.6 Å². The number of rotatable bonds is 11. The largest absolute Gasteiger partial charge is 0.494 e. The minimum absolute atomic E-state index is 0.0912. The molecule has 3 aromatic rings. The van der Waals surface area contributed by atoms with E-state index in [-0.39, 0.29) is 18.6 Å². The van der Waals surface area contributed by atoms with Crippen molar-refractivity contribution in [3.63, 3.8) is 0 Å². The van der Waals surface area contributed by atoms with Crippen molar-refractivity contribution in [2.45, 2.75) is 32.1 Å². The lowest BCUT2D eigenvalue weighted by molar-refractivity contribution is 0.154. The van der Waals surface area contributed by atoms with E-state index in [1.54, 1.807) is 42.6 Å². The fourth-order valence-corrected chi connectivity index (χ4v) is 5.26. The van der Waals surface area contributed by atoms with Gasteiger partial charge in [-0.15, -0.1) is 10.2 Å². The molecule has 1 aliphatic heterocycles. The monoisotopic (exact) mass is 584 g/mol. The molecule has 0 amide bonds. The Labute approximate surface area is 238 Å². The highest BCUT2D eigenvalue weighted by atomic mass is 32.2. The van der Waals surface area contributed by atoms with Crippen molar-refractivity contribution in [1.82, 2.24) is 14.8 Å². The zero-order chi connectivity index (χ0) is 29.7. The lowest BCUT2D eigenvalue weighted by Gasteiger charge is -2.23. The SMILES string of the molecule is C=NC(=NC=C(C)C)[C@@H](OC)[C@H](C)S(=O)(=O)Nc1nnc(-c2ccc3c(c2)OCO3)n1-c1c(OC)cccc1OC. The maximum absolute atomic E-state index is 13.7. The molecule has 0 saturated heterocycles. The summed E-state index contributed by atoms with van der Waals surface area (Å²) in [6.07, 6.45) is 0.525. The van der Waals surface area contributed by atoms with E-state index < -0.39 is 21.4 Å². The van der Waals surface area contributed by atoms with Crippen LogP contribution >= 0.6 is 0 Å². The van der Waals surface area contributed by atoms with Crippen LogP contribution in [0.1, 0.15) is 20.8 Å². The van der Waals surface area contributed by atoms with Crippen LogP contribution in [0.5, 0.6) is 23.0 Å². The Balaban J connectivity index is 1.85. The van der Waals surface area contributed by atoms with Gasteiger partial charge in [-0.05, 0) is 57.8 Å². The van der Waals surface area contributed by atoms with Crippen LogP contribution in [0.2, 0.25) is 0 Å². The second-order valence-corrected chi connectivity index (χ2v) is 11.2. The van der Waals surface area contributed by atoms with Crippen molar-refractivity contribution < 1.29 is 32.1 Å². The number of aliphatic imine (C=N–C) groups is 2. The van der Waals surface area contributed by atoms with E-state index in [0.29, 0.717) is 40.1 Å². The van der Waals surface area contributed by atoms with Crippen molar-refractivity contribution in [2.24, 2.45) is 9.98 Å². The van der Waals surface area contributed by atoms with Gasteiger partial charge in [0.05, 0.1) is 14.2 Å². The van der Waals surface area contributed by atoms with Crippen molar-refractivity contribution in [2.75, 3.05) is 32.8 Å². The van der Waals surface area contributed by atoms with E-state index >= 15 is 0 Å². The predicted octanol–water partition coefficient (Wildman–Crippen LogP) is 3.85. The molecule has 1 aromatic heterocycles. The molecule has 218 valence electrons. The summed E-state index contributed by atoms with van der Waals surface area (Å²) in [6.45, 7) is 8.80. The molecule has 0 saturated carbocycles. The molecule has 13 nitrogen and oxygen atoms in total. The number of sulfonamides is 1.